The Labute approximate surface area is 200 Å². The fourth-order valence-electron chi connectivity index (χ4n) is 5.11. The van der Waals surface area contributed by atoms with Crippen molar-refractivity contribution < 1.29 is 18.4 Å². The van der Waals surface area contributed by atoms with Crippen molar-refractivity contribution in [2.75, 3.05) is 6.54 Å². The lowest BCUT2D eigenvalue weighted by Gasteiger charge is -2.27. The van der Waals surface area contributed by atoms with Crippen LogP contribution in [0.25, 0.3) is 33.2 Å². The molecule has 4 N–H and O–H groups in total. The predicted molar refractivity (Wildman–Crippen MR) is 132 cm³/mol. The van der Waals surface area contributed by atoms with E-state index in [9.17, 15) is 14.0 Å². The number of hydrogen-bond acceptors (Lipinski definition) is 3. The van der Waals surface area contributed by atoms with E-state index in [4.69, 9.17) is 5.73 Å². The second-order valence-electron chi connectivity index (χ2n) is 8.64. The van der Waals surface area contributed by atoms with E-state index in [1.165, 1.54) is 18.2 Å². The minimum atomic E-state index is -0.761. The van der Waals surface area contributed by atoms with Crippen LogP contribution in [0.4, 0.5) is 8.78 Å². The summed E-state index contributed by atoms with van der Waals surface area (Å²) in [5.41, 5.74) is 10.6. The van der Waals surface area contributed by atoms with Gasteiger partial charge < -0.3 is 16.0 Å². The summed E-state index contributed by atoms with van der Waals surface area (Å²) in [6.07, 6.45) is 1.86. The average Bonchev–Trinajstić information content (AvgIpc) is 3.19. The zero-order valence-corrected chi connectivity index (χ0v) is 19.0. The molecule has 0 bridgehead atoms. The molecule has 0 spiro atoms. The van der Waals surface area contributed by atoms with Gasteiger partial charge in [0.2, 0.25) is 0 Å². The van der Waals surface area contributed by atoms with E-state index in [-0.39, 0.29) is 11.3 Å². The van der Waals surface area contributed by atoms with Crippen LogP contribution in [-0.4, -0.2) is 23.2 Å². The number of amides is 1. The third kappa shape index (κ3) is 3.65. The SMILES string of the molecule is C=CC(=O)C1NCCc2c(-c3c(F)cc(C(N)=O)c4[nH]c(C)c(-c5ccc(F)cc5)c34)cccc21. The van der Waals surface area contributed by atoms with Crippen molar-refractivity contribution in [1.29, 1.82) is 0 Å². The quantitative estimate of drug-likeness (QED) is 0.353. The highest BCUT2D eigenvalue weighted by atomic mass is 19.1. The van der Waals surface area contributed by atoms with Gasteiger partial charge in [-0.05, 0) is 59.9 Å². The smallest absolute Gasteiger partial charge is 0.250 e. The van der Waals surface area contributed by atoms with Gasteiger partial charge in [0.05, 0.1) is 17.1 Å². The first-order chi connectivity index (χ1) is 16.8. The number of nitrogens with two attached hydrogens (primary N) is 1. The molecule has 1 unspecified atom stereocenters. The fraction of sp³-hybridized carbons (Fsp3) is 0.143. The van der Waals surface area contributed by atoms with Crippen molar-refractivity contribution in [2.45, 2.75) is 19.4 Å². The molecule has 0 saturated carbocycles. The Morgan fingerprint density at radius 3 is 2.54 bits per heavy atom. The number of aromatic nitrogens is 1. The first-order valence-electron chi connectivity index (χ1n) is 11.2. The van der Waals surface area contributed by atoms with E-state index in [1.54, 1.807) is 18.2 Å². The van der Waals surface area contributed by atoms with Gasteiger partial charge in [0, 0.05) is 28.8 Å². The number of carbonyl (C=O) groups is 2. The lowest BCUT2D eigenvalue weighted by atomic mass is 9.84. The van der Waals surface area contributed by atoms with Gasteiger partial charge in [0.25, 0.3) is 5.91 Å². The van der Waals surface area contributed by atoms with Crippen LogP contribution in [0.1, 0.15) is 33.2 Å². The maximum atomic E-state index is 15.9. The van der Waals surface area contributed by atoms with Gasteiger partial charge in [0.1, 0.15) is 11.6 Å². The molecule has 1 amide bonds. The Morgan fingerprint density at radius 1 is 1.11 bits per heavy atom. The van der Waals surface area contributed by atoms with Crippen LogP contribution >= 0.6 is 0 Å². The van der Waals surface area contributed by atoms with Crippen LogP contribution in [0.5, 0.6) is 0 Å². The second-order valence-corrected chi connectivity index (χ2v) is 8.64. The Balaban J connectivity index is 1.88. The van der Waals surface area contributed by atoms with Crippen LogP contribution in [0.3, 0.4) is 0 Å². The molecule has 0 fully saturated rings. The molecule has 0 saturated heterocycles. The molecule has 1 atom stereocenters. The molecule has 3 aromatic carbocycles. The summed E-state index contributed by atoms with van der Waals surface area (Å²) in [5.74, 6) is -1.92. The van der Waals surface area contributed by atoms with Gasteiger partial charge in [-0.25, -0.2) is 8.78 Å². The highest BCUT2D eigenvalue weighted by Crippen LogP contribution is 2.44. The molecule has 7 heteroatoms. The van der Waals surface area contributed by atoms with Crippen molar-refractivity contribution in [1.82, 2.24) is 10.3 Å². The number of ketones is 1. The third-order valence-corrected chi connectivity index (χ3v) is 6.62. The Morgan fingerprint density at radius 2 is 1.86 bits per heavy atom. The summed E-state index contributed by atoms with van der Waals surface area (Å²) in [7, 11) is 0. The second kappa shape index (κ2) is 8.60. The number of hydrogen-bond donors (Lipinski definition) is 3. The normalized spacial score (nSPS) is 15.1. The van der Waals surface area contributed by atoms with E-state index in [2.05, 4.69) is 16.9 Å². The number of primary amides is 1. The summed E-state index contributed by atoms with van der Waals surface area (Å²) < 4.78 is 29.6. The molecule has 5 rings (SSSR count). The summed E-state index contributed by atoms with van der Waals surface area (Å²) in [6.45, 7) is 5.95. The molecule has 4 aromatic rings. The molecule has 1 aromatic heterocycles. The van der Waals surface area contributed by atoms with Crippen molar-refractivity contribution >= 4 is 22.6 Å². The van der Waals surface area contributed by atoms with Gasteiger partial charge in [0.15, 0.2) is 5.78 Å². The Kier molecular flexibility index (Phi) is 5.57. The minimum Gasteiger partial charge on any atom is -0.366 e. The molecule has 0 aliphatic carbocycles. The number of nitrogens with one attached hydrogen (secondary N) is 2. The molecule has 1 aliphatic rings. The highest BCUT2D eigenvalue weighted by Gasteiger charge is 2.29. The van der Waals surface area contributed by atoms with E-state index in [1.807, 2.05) is 19.1 Å². The summed E-state index contributed by atoms with van der Waals surface area (Å²) >= 11 is 0. The van der Waals surface area contributed by atoms with Gasteiger partial charge in [-0.2, -0.15) is 0 Å². The number of aromatic amines is 1. The number of aryl methyl sites for hydroxylation is 1. The first kappa shape index (κ1) is 22.7. The van der Waals surface area contributed by atoms with Gasteiger partial charge in [-0.3, -0.25) is 9.59 Å². The Hall–Kier alpha value is -4.10. The summed E-state index contributed by atoms with van der Waals surface area (Å²) in [6, 6.07) is 12.0. The molecular weight excluding hydrogens is 448 g/mol. The molecular formula is C28H23F2N3O2. The lowest BCUT2D eigenvalue weighted by molar-refractivity contribution is -0.116. The monoisotopic (exact) mass is 471 g/mol. The largest absolute Gasteiger partial charge is 0.366 e. The van der Waals surface area contributed by atoms with E-state index in [0.717, 1.165) is 17.2 Å². The number of halogens is 2. The van der Waals surface area contributed by atoms with Crippen LogP contribution in [0, 0.1) is 18.6 Å². The van der Waals surface area contributed by atoms with E-state index in [0.29, 0.717) is 51.8 Å². The van der Waals surface area contributed by atoms with E-state index < -0.39 is 23.6 Å². The van der Waals surface area contributed by atoms with Crippen LogP contribution < -0.4 is 11.1 Å². The molecule has 2 heterocycles. The molecule has 5 nitrogen and oxygen atoms in total. The van der Waals surface area contributed by atoms with Crippen molar-refractivity contribution in [3.8, 4) is 22.3 Å². The van der Waals surface area contributed by atoms with Gasteiger partial charge in [-0.1, -0.05) is 36.9 Å². The predicted octanol–water partition coefficient (Wildman–Crippen LogP) is 5.13. The minimum absolute atomic E-state index is 0.0314. The average molecular weight is 472 g/mol. The van der Waals surface area contributed by atoms with Crippen LogP contribution in [0.2, 0.25) is 0 Å². The van der Waals surface area contributed by atoms with Gasteiger partial charge >= 0.3 is 0 Å². The summed E-state index contributed by atoms with van der Waals surface area (Å²) in [5, 5.41) is 3.70. The third-order valence-electron chi connectivity index (χ3n) is 6.62. The number of fused-ring (bicyclic) bond motifs is 2. The van der Waals surface area contributed by atoms with E-state index >= 15 is 4.39 Å². The maximum absolute atomic E-state index is 15.9. The standard InChI is InChI=1S/C28H23F2N3O2/c1-3-22(34)26-19-6-4-5-18(17(19)11-12-32-26)24-21(30)13-20(28(31)35)27-25(24)23(14(2)33-27)15-7-9-16(29)10-8-15/h3-10,13,26,32-33H,1,11-12H2,2H3,(H2,31,35). The fourth-order valence-corrected chi connectivity index (χ4v) is 5.11. The summed E-state index contributed by atoms with van der Waals surface area (Å²) in [4.78, 5) is 27.9. The first-order valence-corrected chi connectivity index (χ1v) is 11.2. The van der Waals surface area contributed by atoms with Crippen LogP contribution in [-0.2, 0) is 11.2 Å². The molecule has 35 heavy (non-hydrogen) atoms. The zero-order chi connectivity index (χ0) is 24.9. The van der Waals surface area contributed by atoms with Gasteiger partial charge in [-0.15, -0.1) is 0 Å². The number of carbonyl (C=O) groups excluding carboxylic acids is 2. The lowest BCUT2D eigenvalue weighted by Crippen LogP contribution is -2.34. The highest BCUT2D eigenvalue weighted by molar-refractivity contribution is 6.15. The van der Waals surface area contributed by atoms with Crippen molar-refractivity contribution in [3.05, 3.63) is 95.2 Å². The van der Waals surface area contributed by atoms with Crippen LogP contribution in [0.15, 0.2) is 61.2 Å². The number of benzene rings is 3. The number of H-pyrrole nitrogens is 1. The maximum Gasteiger partial charge on any atom is 0.250 e. The van der Waals surface area contributed by atoms with Crippen molar-refractivity contribution in [3.63, 3.8) is 0 Å². The molecule has 0 radical (unpaired) electrons. The van der Waals surface area contributed by atoms with Crippen molar-refractivity contribution in [2.24, 2.45) is 5.73 Å². The zero-order valence-electron chi connectivity index (χ0n) is 19.0. The Bertz CT molecular complexity index is 1520. The molecule has 1 aliphatic heterocycles. The topological polar surface area (TPSA) is 88.0 Å². The molecule has 176 valence electrons. The number of rotatable bonds is 5.